The Bertz CT molecular complexity index is 486. The summed E-state index contributed by atoms with van der Waals surface area (Å²) in [6, 6.07) is 6.92. The summed E-state index contributed by atoms with van der Waals surface area (Å²) in [6.45, 7) is 3.21. The van der Waals surface area contributed by atoms with Gasteiger partial charge in [-0.1, -0.05) is 13.0 Å². The van der Waals surface area contributed by atoms with Crippen LogP contribution in [0.1, 0.15) is 30.1 Å². The molecule has 0 bridgehead atoms. The lowest BCUT2D eigenvalue weighted by Gasteiger charge is -2.26. The minimum Gasteiger partial charge on any atom is -0.382 e. The molecule has 1 aromatic rings. The van der Waals surface area contributed by atoms with Crippen molar-refractivity contribution >= 4 is 17.6 Å². The lowest BCUT2D eigenvalue weighted by atomic mass is 10.1. The van der Waals surface area contributed by atoms with Crippen molar-refractivity contribution in [3.8, 4) is 0 Å². The number of hydroxylamine groups is 1. The number of carbonyl (C=O) groups is 2. The minimum absolute atomic E-state index is 0.245. The molecule has 1 saturated heterocycles. The molecule has 2 rings (SSSR count). The first kappa shape index (κ1) is 14.3. The fraction of sp³-hybridized carbons (Fsp3) is 0.429. The van der Waals surface area contributed by atoms with Crippen molar-refractivity contribution in [3.05, 3.63) is 29.8 Å². The summed E-state index contributed by atoms with van der Waals surface area (Å²) in [5.74, 6) is -0.926. The molecular weight excluding hydrogens is 260 g/mol. The highest BCUT2D eigenvalue weighted by atomic mass is 16.7. The third kappa shape index (κ3) is 3.96. The predicted octanol–water partition coefficient (Wildman–Crippen LogP) is 1.49. The van der Waals surface area contributed by atoms with E-state index in [0.29, 0.717) is 12.1 Å². The Balaban J connectivity index is 1.87. The summed E-state index contributed by atoms with van der Waals surface area (Å²) < 4.78 is 5.31. The van der Waals surface area contributed by atoms with Crippen molar-refractivity contribution in [3.63, 3.8) is 0 Å². The molecule has 108 valence electrons. The summed E-state index contributed by atoms with van der Waals surface area (Å²) in [6.07, 6.45) is 1.56. The maximum Gasteiger partial charge on any atom is 0.363 e. The zero-order chi connectivity index (χ0) is 14.4. The van der Waals surface area contributed by atoms with Gasteiger partial charge < -0.3 is 14.9 Å². The van der Waals surface area contributed by atoms with Crippen LogP contribution in [0.5, 0.6) is 0 Å². The average molecular weight is 278 g/mol. The predicted molar refractivity (Wildman–Crippen MR) is 73.1 cm³/mol. The maximum atomic E-state index is 11.7. The molecule has 0 aromatic heterocycles. The van der Waals surface area contributed by atoms with E-state index in [2.05, 4.69) is 10.8 Å². The number of anilines is 1. The van der Waals surface area contributed by atoms with Gasteiger partial charge in [0.2, 0.25) is 0 Å². The number of ether oxygens (including phenoxy) is 1. The molecule has 1 fully saturated rings. The van der Waals surface area contributed by atoms with Crippen LogP contribution in [-0.2, 0) is 14.4 Å². The lowest BCUT2D eigenvalue weighted by molar-refractivity contribution is -0.129. The van der Waals surface area contributed by atoms with Gasteiger partial charge >= 0.3 is 5.97 Å². The van der Waals surface area contributed by atoms with Gasteiger partial charge in [-0.25, -0.2) is 4.79 Å². The van der Waals surface area contributed by atoms with Crippen LogP contribution in [0.15, 0.2) is 24.3 Å². The first-order valence-electron chi connectivity index (χ1n) is 6.64. The molecule has 0 saturated carbocycles. The smallest absolute Gasteiger partial charge is 0.363 e. The van der Waals surface area contributed by atoms with Crippen LogP contribution in [0.3, 0.4) is 0 Å². The third-order valence-electron chi connectivity index (χ3n) is 3.00. The van der Waals surface area contributed by atoms with E-state index in [1.54, 1.807) is 25.1 Å². The van der Waals surface area contributed by atoms with Crippen LogP contribution in [-0.4, -0.2) is 31.1 Å². The summed E-state index contributed by atoms with van der Waals surface area (Å²) in [4.78, 5) is 27.5. The largest absolute Gasteiger partial charge is 0.382 e. The molecule has 0 unspecified atom stereocenters. The number of carbonyl (C=O) groups excluding carboxylic acids is 2. The zero-order valence-electron chi connectivity index (χ0n) is 11.3. The van der Waals surface area contributed by atoms with Crippen LogP contribution in [0, 0.1) is 0 Å². The molecule has 0 radical (unpaired) electrons. The summed E-state index contributed by atoms with van der Waals surface area (Å²) in [5, 5.41) is 3.20. The first-order valence-corrected chi connectivity index (χ1v) is 6.64. The topological polar surface area (TPSA) is 76.7 Å². The van der Waals surface area contributed by atoms with Crippen molar-refractivity contribution < 1.29 is 19.2 Å². The van der Waals surface area contributed by atoms with Gasteiger partial charge in [-0.05, 0) is 24.6 Å². The normalized spacial score (nSPS) is 16.9. The molecule has 1 atom stereocenters. The SMILES string of the molecule is CCC(=O)NOC(=O)c1cccc(NC[C@@H]2CCO2)c1. The van der Waals surface area contributed by atoms with Crippen molar-refractivity contribution in [1.82, 2.24) is 5.48 Å². The number of nitrogens with one attached hydrogen (secondary N) is 2. The number of hydrogen-bond donors (Lipinski definition) is 2. The van der Waals surface area contributed by atoms with E-state index >= 15 is 0 Å². The Morgan fingerprint density at radius 2 is 2.25 bits per heavy atom. The molecule has 1 aliphatic rings. The van der Waals surface area contributed by atoms with E-state index in [4.69, 9.17) is 9.57 Å². The van der Waals surface area contributed by atoms with Crippen molar-refractivity contribution in [2.24, 2.45) is 0 Å². The second-order valence-corrected chi connectivity index (χ2v) is 4.51. The average Bonchev–Trinajstić information content (AvgIpc) is 2.43. The van der Waals surface area contributed by atoms with Gasteiger partial charge in [-0.15, -0.1) is 0 Å². The van der Waals surface area contributed by atoms with Crippen molar-refractivity contribution in [1.29, 1.82) is 0 Å². The van der Waals surface area contributed by atoms with Crippen molar-refractivity contribution in [2.45, 2.75) is 25.9 Å². The Labute approximate surface area is 117 Å². The quantitative estimate of drug-likeness (QED) is 0.798. The Morgan fingerprint density at radius 3 is 2.90 bits per heavy atom. The Morgan fingerprint density at radius 1 is 1.45 bits per heavy atom. The van der Waals surface area contributed by atoms with Gasteiger partial charge in [0, 0.05) is 25.3 Å². The lowest BCUT2D eigenvalue weighted by Crippen LogP contribution is -2.33. The molecular formula is C14H18N2O4. The van der Waals surface area contributed by atoms with Gasteiger partial charge in [0.05, 0.1) is 11.7 Å². The summed E-state index contributed by atoms with van der Waals surface area (Å²) in [5.41, 5.74) is 3.28. The van der Waals surface area contributed by atoms with Gasteiger partial charge in [0.1, 0.15) is 0 Å². The van der Waals surface area contributed by atoms with Gasteiger partial charge in [-0.2, -0.15) is 5.48 Å². The van der Waals surface area contributed by atoms with E-state index in [1.807, 2.05) is 6.07 Å². The minimum atomic E-state index is -0.588. The van der Waals surface area contributed by atoms with Crippen LogP contribution in [0.25, 0.3) is 0 Å². The zero-order valence-corrected chi connectivity index (χ0v) is 11.3. The van der Waals surface area contributed by atoms with E-state index < -0.39 is 5.97 Å². The van der Waals surface area contributed by atoms with Crippen LogP contribution >= 0.6 is 0 Å². The number of benzene rings is 1. The summed E-state index contributed by atoms with van der Waals surface area (Å²) >= 11 is 0. The molecule has 6 nitrogen and oxygen atoms in total. The summed E-state index contributed by atoms with van der Waals surface area (Å²) in [7, 11) is 0. The fourth-order valence-electron chi connectivity index (χ4n) is 1.67. The van der Waals surface area contributed by atoms with Crippen LogP contribution < -0.4 is 10.8 Å². The highest BCUT2D eigenvalue weighted by Gasteiger charge is 2.17. The van der Waals surface area contributed by atoms with E-state index in [0.717, 1.165) is 18.7 Å². The molecule has 0 aliphatic carbocycles. The first-order chi connectivity index (χ1) is 9.69. The van der Waals surface area contributed by atoms with Crippen LogP contribution in [0.2, 0.25) is 0 Å². The van der Waals surface area contributed by atoms with E-state index in [1.165, 1.54) is 0 Å². The van der Waals surface area contributed by atoms with Gasteiger partial charge in [-0.3, -0.25) is 4.79 Å². The highest BCUT2D eigenvalue weighted by molar-refractivity contribution is 5.91. The standard InChI is InChI=1S/C14H18N2O4/c1-2-13(17)16-20-14(18)10-4-3-5-11(8-10)15-9-12-6-7-19-12/h3-5,8,12,15H,2,6-7,9H2,1H3,(H,16,17)/t12-/m0/s1. The molecule has 20 heavy (non-hydrogen) atoms. The monoisotopic (exact) mass is 278 g/mol. The number of amides is 1. The van der Waals surface area contributed by atoms with Gasteiger partial charge in [0.25, 0.3) is 5.91 Å². The molecule has 1 aromatic carbocycles. The molecule has 1 amide bonds. The fourth-order valence-corrected chi connectivity index (χ4v) is 1.67. The second kappa shape index (κ2) is 6.91. The molecule has 1 aliphatic heterocycles. The number of rotatable bonds is 5. The van der Waals surface area contributed by atoms with E-state index in [-0.39, 0.29) is 18.4 Å². The van der Waals surface area contributed by atoms with Crippen LogP contribution in [0.4, 0.5) is 5.69 Å². The third-order valence-corrected chi connectivity index (χ3v) is 3.00. The second-order valence-electron chi connectivity index (χ2n) is 4.51. The number of hydrogen-bond acceptors (Lipinski definition) is 5. The van der Waals surface area contributed by atoms with Gasteiger partial charge in [0.15, 0.2) is 0 Å². The Hall–Kier alpha value is -2.08. The molecule has 0 spiro atoms. The molecule has 6 heteroatoms. The molecule has 2 N–H and O–H groups in total. The van der Waals surface area contributed by atoms with Crippen molar-refractivity contribution in [2.75, 3.05) is 18.5 Å². The van der Waals surface area contributed by atoms with E-state index in [9.17, 15) is 9.59 Å². The highest BCUT2D eigenvalue weighted by Crippen LogP contribution is 2.15. The molecule has 1 heterocycles. The maximum absolute atomic E-state index is 11.7. The Kier molecular flexibility index (Phi) is 4.95.